The van der Waals surface area contributed by atoms with Crippen LogP contribution in [0.5, 0.6) is 0 Å². The highest BCUT2D eigenvalue weighted by Gasteiger charge is 2.40. The monoisotopic (exact) mass is 221 g/mol. The SMILES string of the molecule is CC(C)(C)[Si](C)(C)OC(CF)C(N)=O. The molecule has 0 heterocycles. The number of hydrogen-bond acceptors (Lipinski definition) is 2. The van der Waals surface area contributed by atoms with Gasteiger partial charge in [0.1, 0.15) is 6.67 Å². The summed E-state index contributed by atoms with van der Waals surface area (Å²) in [4.78, 5) is 10.8. The zero-order valence-corrected chi connectivity index (χ0v) is 10.6. The second kappa shape index (κ2) is 4.40. The number of carbonyl (C=O) groups excluding carboxylic acids is 1. The number of carbonyl (C=O) groups is 1. The highest BCUT2D eigenvalue weighted by Crippen LogP contribution is 2.37. The lowest BCUT2D eigenvalue weighted by Gasteiger charge is -2.37. The van der Waals surface area contributed by atoms with Crippen molar-refractivity contribution in [1.82, 2.24) is 0 Å². The molecule has 0 spiro atoms. The molecule has 1 unspecified atom stereocenters. The highest BCUT2D eigenvalue weighted by molar-refractivity contribution is 6.74. The van der Waals surface area contributed by atoms with Crippen LogP contribution in [0.2, 0.25) is 18.1 Å². The Bertz CT molecular complexity index is 213. The van der Waals surface area contributed by atoms with Gasteiger partial charge < -0.3 is 10.2 Å². The fraction of sp³-hybridized carbons (Fsp3) is 0.889. The molecular formula is C9H20FNO2Si. The molecule has 1 amide bonds. The maximum absolute atomic E-state index is 12.4. The molecule has 0 fully saturated rings. The zero-order chi connectivity index (χ0) is 11.6. The summed E-state index contributed by atoms with van der Waals surface area (Å²) in [7, 11) is -2.09. The van der Waals surface area contributed by atoms with Gasteiger partial charge in [-0.2, -0.15) is 0 Å². The van der Waals surface area contributed by atoms with Gasteiger partial charge in [0.15, 0.2) is 14.4 Å². The van der Waals surface area contributed by atoms with E-state index >= 15 is 0 Å². The van der Waals surface area contributed by atoms with Crippen LogP contribution in [0, 0.1) is 0 Å². The number of nitrogens with two attached hydrogens (primary N) is 1. The third-order valence-electron chi connectivity index (χ3n) is 2.70. The fourth-order valence-electron chi connectivity index (χ4n) is 0.698. The molecule has 14 heavy (non-hydrogen) atoms. The Morgan fingerprint density at radius 2 is 1.93 bits per heavy atom. The molecule has 0 bridgehead atoms. The smallest absolute Gasteiger partial charge is 0.248 e. The summed E-state index contributed by atoms with van der Waals surface area (Å²) in [5.41, 5.74) is 5.02. The number of amides is 1. The normalized spacial score (nSPS) is 15.3. The first kappa shape index (κ1) is 13.6. The lowest BCUT2D eigenvalue weighted by atomic mass is 10.2. The van der Waals surface area contributed by atoms with E-state index in [-0.39, 0.29) is 5.04 Å². The molecular weight excluding hydrogens is 201 g/mol. The molecule has 0 saturated carbocycles. The Morgan fingerprint density at radius 1 is 1.50 bits per heavy atom. The molecule has 0 saturated heterocycles. The molecule has 0 aliphatic carbocycles. The Hall–Kier alpha value is -0.423. The van der Waals surface area contributed by atoms with Crippen molar-refractivity contribution in [2.45, 2.75) is 45.0 Å². The summed E-state index contributed by atoms with van der Waals surface area (Å²) in [6.07, 6.45) is -1.09. The van der Waals surface area contributed by atoms with E-state index in [1.165, 1.54) is 0 Å². The first-order chi connectivity index (χ1) is 6.12. The lowest BCUT2D eigenvalue weighted by molar-refractivity contribution is -0.125. The minimum absolute atomic E-state index is 0.0458. The van der Waals surface area contributed by atoms with Crippen molar-refractivity contribution in [2.75, 3.05) is 6.67 Å². The first-order valence-electron chi connectivity index (χ1n) is 4.65. The average Bonchev–Trinajstić information content (AvgIpc) is 1.97. The molecule has 0 aliphatic rings. The van der Waals surface area contributed by atoms with Crippen molar-refractivity contribution in [2.24, 2.45) is 5.73 Å². The van der Waals surface area contributed by atoms with E-state index in [1.54, 1.807) is 0 Å². The molecule has 0 radical (unpaired) electrons. The topological polar surface area (TPSA) is 52.3 Å². The maximum atomic E-state index is 12.4. The van der Waals surface area contributed by atoms with Gasteiger partial charge in [0.05, 0.1) is 0 Å². The standard InChI is InChI=1S/C9H20FNO2Si/c1-9(2,3)14(4,5)13-7(6-10)8(11)12/h7H,6H2,1-5H3,(H2,11,12). The van der Waals surface area contributed by atoms with Gasteiger partial charge in [-0.15, -0.1) is 0 Å². The van der Waals surface area contributed by atoms with Gasteiger partial charge in [-0.05, 0) is 18.1 Å². The molecule has 0 aromatic carbocycles. The first-order valence-corrected chi connectivity index (χ1v) is 7.56. The van der Waals surface area contributed by atoms with Crippen molar-refractivity contribution in [1.29, 1.82) is 0 Å². The summed E-state index contributed by atoms with van der Waals surface area (Å²) in [6.45, 7) is 9.14. The molecule has 0 aliphatic heterocycles. The van der Waals surface area contributed by atoms with Crippen LogP contribution in [0.3, 0.4) is 0 Å². The maximum Gasteiger partial charge on any atom is 0.248 e. The number of rotatable bonds is 4. The minimum Gasteiger partial charge on any atom is -0.403 e. The second-order valence-corrected chi connectivity index (χ2v) is 9.68. The van der Waals surface area contributed by atoms with Gasteiger partial charge in [0, 0.05) is 0 Å². The number of primary amides is 1. The molecule has 3 nitrogen and oxygen atoms in total. The summed E-state index contributed by atoms with van der Waals surface area (Å²) >= 11 is 0. The van der Waals surface area contributed by atoms with Crippen LogP contribution < -0.4 is 5.73 Å². The van der Waals surface area contributed by atoms with Gasteiger partial charge in [-0.3, -0.25) is 4.79 Å². The van der Waals surface area contributed by atoms with E-state index in [0.29, 0.717) is 0 Å². The quantitative estimate of drug-likeness (QED) is 0.736. The van der Waals surface area contributed by atoms with Crippen molar-refractivity contribution in [3.05, 3.63) is 0 Å². The largest absolute Gasteiger partial charge is 0.403 e. The highest BCUT2D eigenvalue weighted by atomic mass is 28.4. The van der Waals surface area contributed by atoms with Crippen molar-refractivity contribution >= 4 is 14.2 Å². The van der Waals surface area contributed by atoms with Crippen molar-refractivity contribution in [3.8, 4) is 0 Å². The van der Waals surface area contributed by atoms with Crippen LogP contribution in [-0.4, -0.2) is 27.0 Å². The Labute approximate surface area is 85.9 Å². The van der Waals surface area contributed by atoms with E-state index in [9.17, 15) is 9.18 Å². The van der Waals surface area contributed by atoms with Gasteiger partial charge in [0.2, 0.25) is 5.91 Å². The van der Waals surface area contributed by atoms with Crippen molar-refractivity contribution in [3.63, 3.8) is 0 Å². The van der Waals surface area contributed by atoms with Crippen LogP contribution in [-0.2, 0) is 9.22 Å². The number of alkyl halides is 1. The summed E-state index contributed by atoms with van der Waals surface area (Å²) in [5.74, 6) is -0.725. The van der Waals surface area contributed by atoms with E-state index < -0.39 is 27.0 Å². The number of hydrogen-bond donors (Lipinski definition) is 1. The van der Waals surface area contributed by atoms with Gasteiger partial charge in [0.25, 0.3) is 0 Å². The van der Waals surface area contributed by atoms with E-state index in [2.05, 4.69) is 0 Å². The Morgan fingerprint density at radius 3 is 2.14 bits per heavy atom. The Balaban J connectivity index is 4.56. The molecule has 0 aromatic rings. The molecule has 0 aromatic heterocycles. The molecule has 2 N–H and O–H groups in total. The van der Waals surface area contributed by atoms with E-state index in [4.69, 9.17) is 10.2 Å². The predicted molar refractivity (Wildman–Crippen MR) is 57.2 cm³/mol. The molecule has 5 heteroatoms. The fourth-order valence-corrected chi connectivity index (χ4v) is 1.94. The minimum atomic E-state index is -2.09. The van der Waals surface area contributed by atoms with Crippen LogP contribution in [0.15, 0.2) is 0 Å². The lowest BCUT2D eigenvalue weighted by Crippen LogP contribution is -2.48. The summed E-state index contributed by atoms with van der Waals surface area (Å²) in [5, 5.41) is -0.0458. The van der Waals surface area contributed by atoms with Gasteiger partial charge in [-0.1, -0.05) is 20.8 Å². The van der Waals surface area contributed by atoms with E-state index in [1.807, 2.05) is 33.9 Å². The van der Waals surface area contributed by atoms with E-state index in [0.717, 1.165) is 0 Å². The van der Waals surface area contributed by atoms with Crippen LogP contribution >= 0.6 is 0 Å². The number of halogens is 1. The molecule has 84 valence electrons. The zero-order valence-electron chi connectivity index (χ0n) is 9.56. The average molecular weight is 221 g/mol. The Kier molecular flexibility index (Phi) is 4.27. The van der Waals surface area contributed by atoms with Gasteiger partial charge >= 0.3 is 0 Å². The van der Waals surface area contributed by atoms with Crippen LogP contribution in [0.4, 0.5) is 4.39 Å². The molecule has 0 rings (SSSR count). The summed E-state index contributed by atoms with van der Waals surface area (Å²) in [6, 6.07) is 0. The third kappa shape index (κ3) is 3.38. The third-order valence-corrected chi connectivity index (χ3v) is 7.19. The predicted octanol–water partition coefficient (Wildman–Crippen LogP) is 1.83. The van der Waals surface area contributed by atoms with Crippen LogP contribution in [0.1, 0.15) is 20.8 Å². The van der Waals surface area contributed by atoms with Crippen LogP contribution in [0.25, 0.3) is 0 Å². The van der Waals surface area contributed by atoms with Gasteiger partial charge in [-0.25, -0.2) is 4.39 Å². The summed E-state index contributed by atoms with van der Waals surface area (Å²) < 4.78 is 17.9. The second-order valence-electron chi connectivity index (χ2n) is 4.92. The molecule has 1 atom stereocenters. The van der Waals surface area contributed by atoms with Crippen molar-refractivity contribution < 1.29 is 13.6 Å².